The maximum atomic E-state index is 5.41. The first-order valence-electron chi connectivity index (χ1n) is 5.75. The van der Waals surface area contributed by atoms with Gasteiger partial charge in [0, 0.05) is 6.04 Å². The van der Waals surface area contributed by atoms with Crippen LogP contribution in [-0.2, 0) is 0 Å². The molecule has 0 unspecified atom stereocenters. The Kier molecular flexibility index (Phi) is 2.94. The van der Waals surface area contributed by atoms with Crippen molar-refractivity contribution in [3.05, 3.63) is 12.2 Å². The van der Waals surface area contributed by atoms with Gasteiger partial charge in [-0.1, -0.05) is 18.1 Å². The zero-order valence-corrected chi connectivity index (χ0v) is 10.6. The summed E-state index contributed by atoms with van der Waals surface area (Å²) in [5.41, 5.74) is -0.377. The minimum absolute atomic E-state index is 0.377. The Hall–Kier alpha value is -1.01. The zero-order valence-electron chi connectivity index (χ0n) is 9.79. The molecule has 3 atom stereocenters. The Balaban J connectivity index is 1.85. The van der Waals surface area contributed by atoms with Gasteiger partial charge in [0.15, 0.2) is 5.11 Å². The topological polar surface area (TPSA) is 24.1 Å². The molecule has 2 aliphatic rings. The normalized spacial score (nSPS) is 31.2. The maximum Gasteiger partial charge on any atom is 0.167 e. The third-order valence-electron chi connectivity index (χ3n) is 3.38. The quantitative estimate of drug-likeness (QED) is 0.433. The van der Waals surface area contributed by atoms with Crippen molar-refractivity contribution in [2.75, 3.05) is 0 Å². The molecule has 0 aromatic heterocycles. The highest BCUT2D eigenvalue weighted by molar-refractivity contribution is 7.80. The van der Waals surface area contributed by atoms with Crippen LogP contribution in [0.4, 0.5) is 0 Å². The number of hydrogen-bond donors (Lipinski definition) is 2. The summed E-state index contributed by atoms with van der Waals surface area (Å²) in [4.78, 5) is 0. The molecule has 2 nitrogen and oxygen atoms in total. The monoisotopic (exact) mass is 234 g/mol. The average molecular weight is 234 g/mol. The summed E-state index contributed by atoms with van der Waals surface area (Å²) < 4.78 is 0. The van der Waals surface area contributed by atoms with E-state index in [-0.39, 0.29) is 5.54 Å². The molecule has 3 heteroatoms. The van der Waals surface area contributed by atoms with Gasteiger partial charge in [0.2, 0.25) is 0 Å². The minimum atomic E-state index is -0.377. The van der Waals surface area contributed by atoms with E-state index < -0.39 is 0 Å². The zero-order chi connectivity index (χ0) is 11.8. The number of terminal acetylenes is 1. The molecule has 0 radical (unpaired) electrons. The lowest BCUT2D eigenvalue weighted by atomic mass is 10.0. The third-order valence-corrected chi connectivity index (χ3v) is 3.60. The van der Waals surface area contributed by atoms with Crippen LogP contribution < -0.4 is 10.6 Å². The van der Waals surface area contributed by atoms with Crippen molar-refractivity contribution in [2.45, 2.75) is 38.3 Å². The molecule has 2 bridgehead atoms. The van der Waals surface area contributed by atoms with E-state index in [0.29, 0.717) is 17.1 Å². The second-order valence-corrected chi connectivity index (χ2v) is 5.66. The van der Waals surface area contributed by atoms with E-state index in [1.165, 1.54) is 12.8 Å². The predicted molar refractivity (Wildman–Crippen MR) is 70.9 cm³/mol. The molecule has 16 heavy (non-hydrogen) atoms. The van der Waals surface area contributed by atoms with E-state index >= 15 is 0 Å². The number of hydrogen-bond acceptors (Lipinski definition) is 1. The summed E-state index contributed by atoms with van der Waals surface area (Å²) in [6.45, 7) is 3.89. The fourth-order valence-corrected chi connectivity index (χ4v) is 2.88. The lowest BCUT2D eigenvalue weighted by Crippen LogP contribution is -2.51. The van der Waals surface area contributed by atoms with Crippen molar-refractivity contribution in [3.63, 3.8) is 0 Å². The molecule has 2 rings (SSSR count). The number of thiocarbonyl (C=S) groups is 1. The Labute approximate surface area is 103 Å². The van der Waals surface area contributed by atoms with E-state index in [4.69, 9.17) is 18.6 Å². The number of allylic oxidation sites excluding steroid dienone is 1. The highest BCUT2D eigenvalue weighted by Crippen LogP contribution is 2.38. The average Bonchev–Trinajstić information content (AvgIpc) is 2.78. The molecule has 1 fully saturated rings. The first-order valence-corrected chi connectivity index (χ1v) is 6.16. The van der Waals surface area contributed by atoms with Crippen LogP contribution in [0.3, 0.4) is 0 Å². The van der Waals surface area contributed by atoms with Crippen molar-refractivity contribution < 1.29 is 0 Å². The van der Waals surface area contributed by atoms with Crippen LogP contribution in [0.15, 0.2) is 12.2 Å². The molecule has 0 amide bonds. The van der Waals surface area contributed by atoms with E-state index in [1.807, 2.05) is 13.8 Å². The van der Waals surface area contributed by atoms with E-state index in [1.54, 1.807) is 0 Å². The van der Waals surface area contributed by atoms with Gasteiger partial charge in [-0.3, -0.25) is 0 Å². The first kappa shape index (κ1) is 11.5. The molecule has 0 aromatic carbocycles. The molecule has 2 N–H and O–H groups in total. The van der Waals surface area contributed by atoms with Gasteiger partial charge < -0.3 is 10.6 Å². The Morgan fingerprint density at radius 1 is 1.44 bits per heavy atom. The summed E-state index contributed by atoms with van der Waals surface area (Å²) in [6, 6.07) is 0.489. The lowest BCUT2D eigenvalue weighted by Gasteiger charge is -2.26. The van der Waals surface area contributed by atoms with Gasteiger partial charge >= 0.3 is 0 Å². The fraction of sp³-hybridized carbons (Fsp3) is 0.615. The van der Waals surface area contributed by atoms with Crippen molar-refractivity contribution in [1.82, 2.24) is 10.6 Å². The van der Waals surface area contributed by atoms with Crippen LogP contribution in [0.5, 0.6) is 0 Å². The predicted octanol–water partition coefficient (Wildman–Crippen LogP) is 1.83. The van der Waals surface area contributed by atoms with E-state index in [2.05, 4.69) is 28.7 Å². The summed E-state index contributed by atoms with van der Waals surface area (Å²) >= 11 is 5.28. The molecular formula is C13H18N2S. The number of rotatable bonds is 2. The smallest absolute Gasteiger partial charge is 0.167 e. The second kappa shape index (κ2) is 4.10. The van der Waals surface area contributed by atoms with Gasteiger partial charge in [-0.2, -0.15) is 0 Å². The molecule has 0 aromatic rings. The number of nitrogens with one attached hydrogen (secondary N) is 2. The second-order valence-electron chi connectivity index (χ2n) is 5.25. The van der Waals surface area contributed by atoms with Gasteiger partial charge in [-0.25, -0.2) is 0 Å². The lowest BCUT2D eigenvalue weighted by molar-refractivity contribution is 0.505. The Morgan fingerprint density at radius 3 is 2.69 bits per heavy atom. The van der Waals surface area contributed by atoms with Gasteiger partial charge in [-0.15, -0.1) is 6.42 Å². The summed E-state index contributed by atoms with van der Waals surface area (Å²) in [7, 11) is 0. The third kappa shape index (κ3) is 2.38. The first-order chi connectivity index (χ1) is 7.50. The van der Waals surface area contributed by atoms with Crippen LogP contribution in [0, 0.1) is 24.2 Å². The summed E-state index contributed by atoms with van der Waals surface area (Å²) in [5.74, 6) is 4.09. The molecular weight excluding hydrogens is 216 g/mol. The highest BCUT2D eigenvalue weighted by Gasteiger charge is 2.36. The molecule has 1 saturated carbocycles. The van der Waals surface area contributed by atoms with Crippen molar-refractivity contribution >= 4 is 17.3 Å². The van der Waals surface area contributed by atoms with Gasteiger partial charge in [0.05, 0.1) is 5.54 Å². The maximum absolute atomic E-state index is 5.41. The van der Waals surface area contributed by atoms with Crippen LogP contribution in [0.1, 0.15) is 26.7 Å². The van der Waals surface area contributed by atoms with E-state index in [0.717, 1.165) is 5.92 Å². The highest BCUT2D eigenvalue weighted by atomic mass is 32.1. The van der Waals surface area contributed by atoms with Crippen molar-refractivity contribution in [3.8, 4) is 12.3 Å². The molecule has 0 heterocycles. The van der Waals surface area contributed by atoms with Gasteiger partial charge in [0.1, 0.15) is 0 Å². The fourth-order valence-electron chi connectivity index (χ4n) is 2.47. The SMILES string of the molecule is C#CC(C)(C)NC(=S)N[C@H]1C[C@H]2C=C[C@@H]1C2. The van der Waals surface area contributed by atoms with Crippen LogP contribution >= 0.6 is 12.2 Å². The standard InChI is InChI=1S/C13H18N2S/c1-4-13(2,3)15-12(16)14-11-8-9-5-6-10(11)7-9/h1,5-6,9-11H,7-8H2,2-3H3,(H2,14,15,16)/t9-,10+,11-/m0/s1. The van der Waals surface area contributed by atoms with Crippen molar-refractivity contribution in [1.29, 1.82) is 0 Å². The largest absolute Gasteiger partial charge is 0.359 e. The molecule has 0 spiro atoms. The number of fused-ring (bicyclic) bond motifs is 2. The van der Waals surface area contributed by atoms with Gasteiger partial charge in [0.25, 0.3) is 0 Å². The van der Waals surface area contributed by atoms with E-state index in [9.17, 15) is 0 Å². The molecule has 86 valence electrons. The summed E-state index contributed by atoms with van der Waals surface area (Å²) in [6.07, 6.45) is 12.5. The van der Waals surface area contributed by atoms with Crippen LogP contribution in [-0.4, -0.2) is 16.7 Å². The molecule has 0 aliphatic heterocycles. The van der Waals surface area contributed by atoms with Crippen LogP contribution in [0.2, 0.25) is 0 Å². The Morgan fingerprint density at radius 2 is 2.19 bits per heavy atom. The van der Waals surface area contributed by atoms with Crippen molar-refractivity contribution in [2.24, 2.45) is 11.8 Å². The summed E-state index contributed by atoms with van der Waals surface area (Å²) in [5, 5.41) is 7.20. The minimum Gasteiger partial charge on any atom is -0.359 e. The van der Waals surface area contributed by atoms with Crippen LogP contribution in [0.25, 0.3) is 0 Å². The Bertz CT molecular complexity index is 365. The molecule has 0 saturated heterocycles. The van der Waals surface area contributed by atoms with Gasteiger partial charge in [-0.05, 0) is 50.7 Å². The molecule has 2 aliphatic carbocycles.